The molecule has 2 aromatic carbocycles. The maximum Gasteiger partial charge on any atom is 0.416 e. The van der Waals surface area contributed by atoms with Crippen molar-refractivity contribution < 1.29 is 13.2 Å². The zero-order valence-electron chi connectivity index (χ0n) is 15.9. The minimum Gasteiger partial charge on any atom is -0.293 e. The topological polar surface area (TPSA) is 47.6 Å². The van der Waals surface area contributed by atoms with Crippen LogP contribution in [0.2, 0.25) is 0 Å². The van der Waals surface area contributed by atoms with Gasteiger partial charge in [-0.1, -0.05) is 49.7 Å². The standard InChI is InChI=1S/C22H21F3N2S2/c1-2-3-4-5-20(15-28-19-12-6-16(14-26)7-13-19)29-21(27)17-8-10-18(11-9-17)22(23,24)25/h5-13,27H,2-4,15H2,1H3/b20-5+,27-21?. The fraction of sp³-hybridized carbons (Fsp3) is 0.273. The van der Waals surface area contributed by atoms with Crippen LogP contribution in [0.3, 0.4) is 0 Å². The Bertz CT molecular complexity index is 880. The van der Waals surface area contributed by atoms with Gasteiger partial charge in [0.1, 0.15) is 0 Å². The summed E-state index contributed by atoms with van der Waals surface area (Å²) in [6.07, 6.45) is 0.722. The zero-order valence-corrected chi connectivity index (χ0v) is 17.6. The van der Waals surface area contributed by atoms with Crippen LogP contribution in [0.5, 0.6) is 0 Å². The lowest BCUT2D eigenvalue weighted by atomic mass is 10.1. The van der Waals surface area contributed by atoms with Crippen LogP contribution >= 0.6 is 23.5 Å². The Morgan fingerprint density at radius 2 is 1.76 bits per heavy atom. The highest BCUT2D eigenvalue weighted by molar-refractivity contribution is 8.18. The normalized spacial score (nSPS) is 11.9. The van der Waals surface area contributed by atoms with E-state index in [4.69, 9.17) is 10.7 Å². The van der Waals surface area contributed by atoms with E-state index in [2.05, 4.69) is 19.1 Å². The average molecular weight is 435 g/mol. The molecule has 2 aromatic rings. The van der Waals surface area contributed by atoms with E-state index >= 15 is 0 Å². The number of nitrogens with zero attached hydrogens (tertiary/aromatic N) is 1. The molecule has 29 heavy (non-hydrogen) atoms. The fourth-order valence-corrected chi connectivity index (χ4v) is 4.26. The summed E-state index contributed by atoms with van der Waals surface area (Å²) < 4.78 is 38.2. The molecule has 0 aliphatic carbocycles. The van der Waals surface area contributed by atoms with Crippen LogP contribution in [0, 0.1) is 16.7 Å². The lowest BCUT2D eigenvalue weighted by molar-refractivity contribution is -0.137. The molecular formula is C22H21F3N2S2. The second kappa shape index (κ2) is 11.1. The third kappa shape index (κ3) is 7.64. The van der Waals surface area contributed by atoms with Crippen molar-refractivity contribution in [1.29, 1.82) is 10.7 Å². The third-order valence-electron chi connectivity index (χ3n) is 4.00. The number of hydrogen-bond acceptors (Lipinski definition) is 4. The molecule has 0 saturated carbocycles. The minimum atomic E-state index is -4.38. The Morgan fingerprint density at radius 1 is 1.10 bits per heavy atom. The zero-order chi connectivity index (χ0) is 21.3. The van der Waals surface area contributed by atoms with Crippen LogP contribution in [0.4, 0.5) is 13.2 Å². The number of rotatable bonds is 8. The molecule has 2 nitrogen and oxygen atoms in total. The maximum atomic E-state index is 12.7. The van der Waals surface area contributed by atoms with Gasteiger partial charge in [0.2, 0.25) is 0 Å². The number of nitrogens with one attached hydrogen (secondary N) is 1. The number of benzene rings is 2. The van der Waals surface area contributed by atoms with E-state index in [1.54, 1.807) is 23.9 Å². The van der Waals surface area contributed by atoms with Gasteiger partial charge in [-0.15, -0.1) is 11.8 Å². The van der Waals surface area contributed by atoms with Gasteiger partial charge in [-0.05, 0) is 47.7 Å². The summed E-state index contributed by atoms with van der Waals surface area (Å²) in [7, 11) is 0. The molecule has 0 saturated heterocycles. The first kappa shape index (κ1) is 23.1. The SMILES string of the molecule is CCCC/C=C(\CSc1ccc(C#N)cc1)SC(=N)c1ccc(C(F)(F)F)cc1. The number of halogens is 3. The van der Waals surface area contributed by atoms with Crippen molar-refractivity contribution in [1.82, 2.24) is 0 Å². The van der Waals surface area contributed by atoms with Crippen LogP contribution in [0.1, 0.15) is 42.9 Å². The Morgan fingerprint density at radius 3 is 2.31 bits per heavy atom. The van der Waals surface area contributed by atoms with Gasteiger partial charge in [0.25, 0.3) is 0 Å². The minimum absolute atomic E-state index is 0.224. The summed E-state index contributed by atoms with van der Waals surface area (Å²) in [6, 6.07) is 14.1. The van der Waals surface area contributed by atoms with Crippen LogP contribution in [-0.2, 0) is 6.18 Å². The smallest absolute Gasteiger partial charge is 0.293 e. The molecule has 7 heteroatoms. The molecule has 0 fully saturated rings. The van der Waals surface area contributed by atoms with Crippen molar-refractivity contribution in [2.75, 3.05) is 5.75 Å². The molecule has 0 aromatic heterocycles. The third-order valence-corrected chi connectivity index (χ3v) is 6.26. The van der Waals surface area contributed by atoms with Gasteiger partial charge >= 0.3 is 6.18 Å². The second-order valence-electron chi connectivity index (χ2n) is 6.24. The van der Waals surface area contributed by atoms with Crippen LogP contribution in [-0.4, -0.2) is 10.8 Å². The van der Waals surface area contributed by atoms with Crippen molar-refractivity contribution in [2.24, 2.45) is 0 Å². The maximum absolute atomic E-state index is 12.7. The van der Waals surface area contributed by atoms with Crippen LogP contribution < -0.4 is 0 Å². The fourth-order valence-electron chi connectivity index (χ4n) is 2.38. The van der Waals surface area contributed by atoms with Crippen LogP contribution in [0.25, 0.3) is 0 Å². The first-order valence-corrected chi connectivity index (χ1v) is 10.9. The summed E-state index contributed by atoms with van der Waals surface area (Å²) in [6.45, 7) is 2.11. The molecule has 0 unspecified atom stereocenters. The number of alkyl halides is 3. The Hall–Kier alpha value is -2.17. The van der Waals surface area contributed by atoms with E-state index < -0.39 is 11.7 Å². The van der Waals surface area contributed by atoms with Crippen molar-refractivity contribution in [3.8, 4) is 6.07 Å². The molecule has 0 atom stereocenters. The van der Waals surface area contributed by atoms with Crippen molar-refractivity contribution in [2.45, 2.75) is 37.3 Å². The van der Waals surface area contributed by atoms with Crippen molar-refractivity contribution >= 4 is 28.6 Å². The van der Waals surface area contributed by atoms with E-state index in [1.807, 2.05) is 12.1 Å². The Labute approximate surface area is 177 Å². The molecule has 2 rings (SSSR count). The van der Waals surface area contributed by atoms with Gasteiger partial charge in [0.15, 0.2) is 0 Å². The van der Waals surface area contributed by atoms with Gasteiger partial charge in [0, 0.05) is 16.2 Å². The first-order chi connectivity index (χ1) is 13.8. The summed E-state index contributed by atoms with van der Waals surface area (Å²) in [5, 5.41) is 17.4. The monoisotopic (exact) mass is 434 g/mol. The van der Waals surface area contributed by atoms with Gasteiger partial charge < -0.3 is 0 Å². The van der Waals surface area contributed by atoms with Gasteiger partial charge in [-0.25, -0.2) is 0 Å². The molecule has 0 radical (unpaired) electrons. The predicted octanol–water partition coefficient (Wildman–Crippen LogP) is 7.50. The van der Waals surface area contributed by atoms with Crippen molar-refractivity contribution in [3.63, 3.8) is 0 Å². The molecule has 1 N–H and O–H groups in total. The van der Waals surface area contributed by atoms with E-state index in [0.717, 1.165) is 41.2 Å². The van der Waals surface area contributed by atoms with Crippen LogP contribution in [0.15, 0.2) is 64.4 Å². The van der Waals surface area contributed by atoms with E-state index in [0.29, 0.717) is 16.9 Å². The van der Waals surface area contributed by atoms with Gasteiger partial charge in [-0.3, -0.25) is 5.41 Å². The van der Waals surface area contributed by atoms with Gasteiger partial charge in [-0.2, -0.15) is 18.4 Å². The van der Waals surface area contributed by atoms with Crippen molar-refractivity contribution in [3.05, 3.63) is 76.2 Å². The number of unbranched alkanes of at least 4 members (excludes halogenated alkanes) is 2. The second-order valence-corrected chi connectivity index (χ2v) is 8.43. The first-order valence-electron chi connectivity index (χ1n) is 9.09. The lowest BCUT2D eigenvalue weighted by Gasteiger charge is -2.11. The van der Waals surface area contributed by atoms with E-state index in [1.165, 1.54) is 23.9 Å². The molecule has 0 heterocycles. The summed E-state index contributed by atoms with van der Waals surface area (Å²) in [5.74, 6) is 0.656. The molecule has 0 aliphatic rings. The number of allylic oxidation sites excluding steroid dienone is 1. The number of hydrogen-bond donors (Lipinski definition) is 1. The summed E-state index contributed by atoms with van der Waals surface area (Å²) >= 11 is 2.88. The molecule has 0 bridgehead atoms. The summed E-state index contributed by atoms with van der Waals surface area (Å²) in [4.78, 5) is 2.02. The largest absolute Gasteiger partial charge is 0.416 e. The lowest BCUT2D eigenvalue weighted by Crippen LogP contribution is -2.05. The molecular weight excluding hydrogens is 413 g/mol. The summed E-state index contributed by atoms with van der Waals surface area (Å²) in [5.41, 5.74) is 0.355. The molecule has 0 amide bonds. The highest BCUT2D eigenvalue weighted by Gasteiger charge is 2.30. The quantitative estimate of drug-likeness (QED) is 0.202. The Kier molecular flexibility index (Phi) is 8.87. The number of nitriles is 1. The molecule has 0 spiro atoms. The molecule has 0 aliphatic heterocycles. The highest BCUT2D eigenvalue weighted by atomic mass is 32.2. The molecule has 152 valence electrons. The Balaban J connectivity index is 2.05. The highest BCUT2D eigenvalue weighted by Crippen LogP contribution is 2.32. The average Bonchev–Trinajstić information content (AvgIpc) is 2.71. The predicted molar refractivity (Wildman–Crippen MR) is 115 cm³/mol. The van der Waals surface area contributed by atoms with E-state index in [9.17, 15) is 13.2 Å². The number of thioether (sulfide) groups is 2. The van der Waals surface area contributed by atoms with E-state index in [-0.39, 0.29) is 5.04 Å². The van der Waals surface area contributed by atoms with Gasteiger partial charge in [0.05, 0.1) is 22.2 Å².